The molecule has 216 valence electrons. The highest BCUT2D eigenvalue weighted by molar-refractivity contribution is 7.85. The highest BCUT2D eigenvalue weighted by Crippen LogP contribution is 2.70. The highest BCUT2D eigenvalue weighted by atomic mass is 32.2. The molecule has 0 aliphatic heterocycles. The van der Waals surface area contributed by atoms with Crippen LogP contribution in [0.4, 0.5) is 4.39 Å². The van der Waals surface area contributed by atoms with Gasteiger partial charge in [0.2, 0.25) is 5.78 Å². The fourth-order valence-electron chi connectivity index (χ4n) is 8.25. The first-order valence-corrected chi connectivity index (χ1v) is 14.8. The molecule has 0 spiro atoms. The maximum atomic E-state index is 17.3. The van der Waals surface area contributed by atoms with E-state index >= 15 is 4.39 Å². The molecule has 0 bridgehead atoms. The SMILES string of the molecule is CC1CC2C3CCC4=CC(=O)C=CC4(C)C3(F)C(O)CC2(C)C1(O)C(=O)COC(=O)c1cccc(S(=O)(=O)O)c1. The molecule has 40 heavy (non-hydrogen) atoms. The number of allylic oxidation sites excluding steroid dienone is 4. The van der Waals surface area contributed by atoms with Crippen LogP contribution in [-0.2, 0) is 24.4 Å². The van der Waals surface area contributed by atoms with Gasteiger partial charge < -0.3 is 14.9 Å². The first-order chi connectivity index (χ1) is 18.5. The second-order valence-electron chi connectivity index (χ2n) is 12.2. The number of carbonyl (C=O) groups excluding carboxylic acids is 3. The molecule has 8 atom stereocenters. The average Bonchev–Trinajstić information content (AvgIpc) is 3.09. The molecule has 1 aromatic rings. The number of alkyl halides is 1. The van der Waals surface area contributed by atoms with E-state index in [1.54, 1.807) is 20.8 Å². The van der Waals surface area contributed by atoms with Crippen molar-refractivity contribution in [3.8, 4) is 0 Å². The van der Waals surface area contributed by atoms with Crippen molar-refractivity contribution in [2.24, 2.45) is 28.6 Å². The van der Waals surface area contributed by atoms with E-state index in [2.05, 4.69) is 0 Å². The van der Waals surface area contributed by atoms with Gasteiger partial charge in [0.25, 0.3) is 10.1 Å². The summed E-state index contributed by atoms with van der Waals surface area (Å²) in [6.07, 6.45) is 3.64. The molecular weight excluding hydrogens is 543 g/mol. The van der Waals surface area contributed by atoms with Crippen molar-refractivity contribution in [2.45, 2.75) is 68.7 Å². The molecule has 0 radical (unpaired) electrons. The maximum absolute atomic E-state index is 17.3. The zero-order chi connectivity index (χ0) is 29.5. The van der Waals surface area contributed by atoms with Crippen LogP contribution in [0.25, 0.3) is 0 Å². The normalized spacial score (nSPS) is 40.5. The number of carbonyl (C=O) groups is 3. The third-order valence-corrected chi connectivity index (χ3v) is 11.2. The summed E-state index contributed by atoms with van der Waals surface area (Å²) in [4.78, 5) is 37.7. The van der Waals surface area contributed by atoms with E-state index in [4.69, 9.17) is 4.74 Å². The van der Waals surface area contributed by atoms with Gasteiger partial charge in [0.15, 0.2) is 18.1 Å². The topological polar surface area (TPSA) is 155 Å². The van der Waals surface area contributed by atoms with Gasteiger partial charge in [0.05, 0.1) is 16.6 Å². The first-order valence-electron chi connectivity index (χ1n) is 13.3. The average molecular weight is 577 g/mol. The van der Waals surface area contributed by atoms with Crippen molar-refractivity contribution < 1.29 is 46.7 Å². The number of esters is 1. The lowest BCUT2D eigenvalue weighted by atomic mass is 9.44. The second-order valence-corrected chi connectivity index (χ2v) is 13.6. The second kappa shape index (κ2) is 9.14. The standard InChI is InChI=1S/C29H33FO9S/c1-16-11-22-21-8-7-18-13-19(31)9-10-26(18,2)28(21,30)23(32)14-27(22,3)29(16,35)24(33)15-39-25(34)17-5-4-6-20(12-17)40(36,37)38/h4-6,9-10,12-13,16,21-23,32,35H,7-8,11,14-15H2,1-3H3,(H,36,37,38). The van der Waals surface area contributed by atoms with Gasteiger partial charge in [-0.25, -0.2) is 9.18 Å². The smallest absolute Gasteiger partial charge is 0.338 e. The van der Waals surface area contributed by atoms with Crippen molar-refractivity contribution in [2.75, 3.05) is 6.61 Å². The fraction of sp³-hybridized carbons (Fsp3) is 0.552. The van der Waals surface area contributed by atoms with Gasteiger partial charge >= 0.3 is 5.97 Å². The van der Waals surface area contributed by atoms with E-state index in [0.717, 1.165) is 12.1 Å². The van der Waals surface area contributed by atoms with E-state index in [0.29, 0.717) is 24.8 Å². The van der Waals surface area contributed by atoms with E-state index in [-0.39, 0.29) is 17.8 Å². The van der Waals surface area contributed by atoms with Gasteiger partial charge in [-0.2, -0.15) is 8.42 Å². The summed E-state index contributed by atoms with van der Waals surface area (Å²) in [5.41, 5.74) is -6.17. The van der Waals surface area contributed by atoms with Crippen LogP contribution in [0.1, 0.15) is 56.8 Å². The van der Waals surface area contributed by atoms with Crippen LogP contribution < -0.4 is 0 Å². The minimum atomic E-state index is -4.57. The molecule has 9 nitrogen and oxygen atoms in total. The zero-order valence-electron chi connectivity index (χ0n) is 22.5. The molecule has 0 aromatic heterocycles. The molecule has 0 amide bonds. The number of ketones is 2. The highest BCUT2D eigenvalue weighted by Gasteiger charge is 2.75. The van der Waals surface area contributed by atoms with Crippen molar-refractivity contribution in [3.05, 3.63) is 53.6 Å². The number of aliphatic hydroxyl groups excluding tert-OH is 1. The van der Waals surface area contributed by atoms with Gasteiger partial charge in [-0.15, -0.1) is 0 Å². The Hall–Kier alpha value is -2.73. The predicted molar refractivity (Wildman–Crippen MR) is 139 cm³/mol. The minimum absolute atomic E-state index is 0.216. The number of benzene rings is 1. The number of halogens is 1. The van der Waals surface area contributed by atoms with Gasteiger partial charge in [-0.3, -0.25) is 14.1 Å². The molecule has 0 heterocycles. The Kier molecular flexibility index (Phi) is 6.58. The Morgan fingerprint density at radius 2 is 1.90 bits per heavy atom. The van der Waals surface area contributed by atoms with Crippen LogP contribution in [0.3, 0.4) is 0 Å². The summed E-state index contributed by atoms with van der Waals surface area (Å²) in [5, 5.41) is 23.4. The molecule has 1 aromatic carbocycles. The Labute approximate surface area is 231 Å². The van der Waals surface area contributed by atoms with E-state index < -0.39 is 79.3 Å². The van der Waals surface area contributed by atoms with Crippen LogP contribution in [0.15, 0.2) is 53.0 Å². The van der Waals surface area contributed by atoms with Crippen molar-refractivity contribution in [1.29, 1.82) is 0 Å². The number of aliphatic hydroxyl groups is 2. The number of hydrogen-bond donors (Lipinski definition) is 3. The summed E-state index contributed by atoms with van der Waals surface area (Å²) in [7, 11) is -4.57. The summed E-state index contributed by atoms with van der Waals surface area (Å²) < 4.78 is 54.4. The molecule has 4 aliphatic rings. The van der Waals surface area contributed by atoms with Crippen LogP contribution in [0.2, 0.25) is 0 Å². The van der Waals surface area contributed by atoms with Gasteiger partial charge in [0, 0.05) is 16.7 Å². The maximum Gasteiger partial charge on any atom is 0.338 e. The summed E-state index contributed by atoms with van der Waals surface area (Å²) >= 11 is 0. The number of rotatable bonds is 5. The van der Waals surface area contributed by atoms with Gasteiger partial charge in [0.1, 0.15) is 5.60 Å². The fourth-order valence-corrected chi connectivity index (χ4v) is 8.77. The monoisotopic (exact) mass is 576 g/mol. The van der Waals surface area contributed by atoms with E-state index in [9.17, 15) is 37.6 Å². The molecule has 11 heteroatoms. The summed E-state index contributed by atoms with van der Waals surface area (Å²) in [6, 6.07) is 4.48. The summed E-state index contributed by atoms with van der Waals surface area (Å²) in [6.45, 7) is 4.22. The van der Waals surface area contributed by atoms with Gasteiger partial charge in [-0.1, -0.05) is 31.6 Å². The first kappa shape index (κ1) is 28.8. The molecule has 3 fully saturated rings. The molecule has 3 N–H and O–H groups in total. The third-order valence-electron chi connectivity index (χ3n) is 10.3. The van der Waals surface area contributed by atoms with Crippen LogP contribution >= 0.6 is 0 Å². The number of Topliss-reactive ketones (excluding diaryl/α,β-unsaturated/α-hetero) is 1. The molecule has 8 unspecified atom stereocenters. The van der Waals surface area contributed by atoms with Crippen LogP contribution in [0, 0.1) is 28.6 Å². The number of fused-ring (bicyclic) bond motifs is 5. The molecular formula is C29H33FO9S. The Morgan fingerprint density at radius 3 is 2.58 bits per heavy atom. The largest absolute Gasteiger partial charge is 0.454 e. The Balaban J connectivity index is 1.41. The lowest BCUT2D eigenvalue weighted by Crippen LogP contribution is -2.69. The zero-order valence-corrected chi connectivity index (χ0v) is 23.3. The summed E-state index contributed by atoms with van der Waals surface area (Å²) in [5.74, 6) is -3.86. The van der Waals surface area contributed by atoms with Gasteiger partial charge in [-0.05, 0) is 74.8 Å². The molecule has 0 saturated heterocycles. The minimum Gasteiger partial charge on any atom is -0.454 e. The Bertz CT molecular complexity index is 1470. The molecule has 5 rings (SSSR count). The van der Waals surface area contributed by atoms with E-state index in [1.807, 2.05) is 0 Å². The van der Waals surface area contributed by atoms with Crippen LogP contribution in [-0.4, -0.2) is 64.7 Å². The number of hydrogen-bond acceptors (Lipinski definition) is 8. The van der Waals surface area contributed by atoms with Crippen LogP contribution in [0.5, 0.6) is 0 Å². The van der Waals surface area contributed by atoms with E-state index in [1.165, 1.54) is 30.4 Å². The third kappa shape index (κ3) is 3.81. The lowest BCUT2D eigenvalue weighted by Gasteiger charge is -2.62. The quantitative estimate of drug-likeness (QED) is 0.354. The Morgan fingerprint density at radius 1 is 1.20 bits per heavy atom. The molecule has 4 aliphatic carbocycles. The lowest BCUT2D eigenvalue weighted by molar-refractivity contribution is -0.219. The van der Waals surface area contributed by atoms with Crippen molar-refractivity contribution >= 4 is 27.7 Å². The predicted octanol–water partition coefficient (Wildman–Crippen LogP) is 3.01. The number of ether oxygens (including phenoxy) is 1. The van der Waals surface area contributed by atoms with Crippen molar-refractivity contribution in [1.82, 2.24) is 0 Å². The van der Waals surface area contributed by atoms with Crippen molar-refractivity contribution in [3.63, 3.8) is 0 Å². The molecule has 3 saturated carbocycles.